The molecule has 8 nitrogen and oxygen atoms in total. The van der Waals surface area contributed by atoms with Crippen molar-refractivity contribution in [3.05, 3.63) is 87.6 Å². The van der Waals surface area contributed by atoms with Crippen LogP contribution in [0.1, 0.15) is 30.4 Å². The van der Waals surface area contributed by atoms with Gasteiger partial charge >= 0.3 is 5.97 Å². The Labute approximate surface area is 235 Å². The summed E-state index contributed by atoms with van der Waals surface area (Å²) in [5, 5.41) is 7.83. The van der Waals surface area contributed by atoms with E-state index in [0.717, 1.165) is 34.9 Å². The number of rotatable bonds is 10. The van der Waals surface area contributed by atoms with Crippen LogP contribution < -0.4 is 10.5 Å². The molecule has 0 radical (unpaired) electrons. The quantitative estimate of drug-likeness (QED) is 0.323. The Morgan fingerprint density at radius 3 is 2.74 bits per heavy atom. The molecule has 4 rings (SSSR count). The lowest BCUT2D eigenvalue weighted by Crippen LogP contribution is -2.33. The lowest BCUT2D eigenvalue weighted by molar-refractivity contribution is -0.228. The van der Waals surface area contributed by atoms with Gasteiger partial charge in [-0.05, 0) is 59.0 Å². The molecule has 0 aromatic heterocycles. The van der Waals surface area contributed by atoms with Gasteiger partial charge in [-0.25, -0.2) is 9.63 Å². The number of carbonyl (C=O) groups excluding carboxylic acids is 1. The first-order chi connectivity index (χ1) is 18.9. The summed E-state index contributed by atoms with van der Waals surface area (Å²) < 4.78 is 31.5. The molecule has 2 aliphatic heterocycles. The molecule has 2 atom stereocenters. The molecule has 0 bridgehead atoms. The average molecular weight is 576 g/mol. The van der Waals surface area contributed by atoms with E-state index in [1.807, 2.05) is 38.2 Å². The topological polar surface area (TPSA) is 80.3 Å². The summed E-state index contributed by atoms with van der Waals surface area (Å²) in [4.78, 5) is 21.6. The third-order valence-electron chi connectivity index (χ3n) is 6.53. The molecule has 0 saturated carbocycles. The number of dihydropyridines is 1. The highest BCUT2D eigenvalue weighted by Gasteiger charge is 2.36. The fourth-order valence-electron chi connectivity index (χ4n) is 4.72. The van der Waals surface area contributed by atoms with Crippen molar-refractivity contribution in [3.63, 3.8) is 0 Å². The van der Waals surface area contributed by atoms with Gasteiger partial charge in [0.2, 0.25) is 0 Å². The van der Waals surface area contributed by atoms with E-state index in [1.165, 1.54) is 12.7 Å². The van der Waals surface area contributed by atoms with Crippen LogP contribution in [-0.2, 0) is 36.8 Å². The van der Waals surface area contributed by atoms with Crippen molar-refractivity contribution in [2.45, 2.75) is 25.8 Å². The van der Waals surface area contributed by atoms with E-state index in [1.54, 1.807) is 30.0 Å². The Bertz CT molecular complexity index is 1240. The van der Waals surface area contributed by atoms with Gasteiger partial charge in [0.1, 0.15) is 6.61 Å². The van der Waals surface area contributed by atoms with Crippen LogP contribution in [0.15, 0.2) is 76.5 Å². The van der Waals surface area contributed by atoms with Gasteiger partial charge in [-0.3, -0.25) is 9.11 Å². The Morgan fingerprint density at radius 2 is 2.00 bits per heavy atom. The van der Waals surface area contributed by atoms with E-state index in [-0.39, 0.29) is 6.61 Å². The maximum atomic E-state index is 13.6. The minimum absolute atomic E-state index is 0.224. The second-order valence-electron chi connectivity index (χ2n) is 9.39. The van der Waals surface area contributed by atoms with Gasteiger partial charge in [-0.2, -0.15) is 0 Å². The van der Waals surface area contributed by atoms with Crippen molar-refractivity contribution < 1.29 is 28.1 Å². The zero-order valence-electron chi connectivity index (χ0n) is 22.4. The summed E-state index contributed by atoms with van der Waals surface area (Å²) in [5.74, 6) is 0.876. The third-order valence-corrected chi connectivity index (χ3v) is 9.17. The van der Waals surface area contributed by atoms with Crippen molar-refractivity contribution in [2.24, 2.45) is 0 Å². The number of esters is 1. The summed E-state index contributed by atoms with van der Waals surface area (Å²) in [6.07, 6.45) is 0.810. The number of hydrogen-bond donors (Lipinski definition) is 1. The standard InChI is InChI=1S/C28H34FN3O5S2/c1-20-25(28(33)36-14-13-31(2)18-21-9-5-4-6-10-21)26(22-11-7-12-23(17-22)32(35-3)37-29)27-24(30-20)19-39(34)16-8-15-38-27/h4-7,9-12,17,26,30H,8,13-16,18-19H2,1-3H3. The summed E-state index contributed by atoms with van der Waals surface area (Å²) in [6.45, 7) is 3.37. The van der Waals surface area contributed by atoms with Crippen LogP contribution >= 0.6 is 11.8 Å². The summed E-state index contributed by atoms with van der Waals surface area (Å²) in [5.41, 5.74) is 4.21. The lowest BCUT2D eigenvalue weighted by Gasteiger charge is -2.33. The normalized spacial score (nSPS) is 19.7. The molecule has 11 heteroatoms. The molecule has 2 aliphatic rings. The van der Waals surface area contributed by atoms with Crippen molar-refractivity contribution in [1.29, 1.82) is 0 Å². The van der Waals surface area contributed by atoms with Crippen LogP contribution in [0.3, 0.4) is 0 Å². The van der Waals surface area contributed by atoms with Crippen LogP contribution in [0.25, 0.3) is 0 Å². The smallest absolute Gasteiger partial charge is 0.336 e. The van der Waals surface area contributed by atoms with Gasteiger partial charge in [0, 0.05) is 45.9 Å². The second kappa shape index (κ2) is 14.1. The Kier molecular flexibility index (Phi) is 10.6. The first-order valence-electron chi connectivity index (χ1n) is 12.7. The Hall–Kier alpha value is -2.70. The molecule has 0 spiro atoms. The van der Waals surface area contributed by atoms with Gasteiger partial charge in [0.15, 0.2) is 0 Å². The minimum atomic E-state index is -1.01. The van der Waals surface area contributed by atoms with Crippen LogP contribution in [0.2, 0.25) is 0 Å². The van der Waals surface area contributed by atoms with Crippen molar-refractivity contribution >= 4 is 34.2 Å². The number of ether oxygens (including phenoxy) is 1. The molecule has 1 N–H and O–H groups in total. The molecule has 39 heavy (non-hydrogen) atoms. The Balaban J connectivity index is 1.59. The monoisotopic (exact) mass is 575 g/mol. The second-order valence-corrected chi connectivity index (χ2v) is 12.1. The van der Waals surface area contributed by atoms with Crippen molar-refractivity contribution in [3.8, 4) is 0 Å². The van der Waals surface area contributed by atoms with E-state index in [4.69, 9.17) is 9.57 Å². The van der Waals surface area contributed by atoms with Gasteiger partial charge in [0.25, 0.3) is 0 Å². The maximum Gasteiger partial charge on any atom is 0.336 e. The average Bonchev–Trinajstić information content (AvgIpc) is 2.92. The first-order valence-corrected chi connectivity index (χ1v) is 15.2. The molecule has 2 aromatic rings. The van der Waals surface area contributed by atoms with Gasteiger partial charge in [-0.15, -0.1) is 11.8 Å². The molecular formula is C28H34FN3O5S2. The van der Waals surface area contributed by atoms with E-state index < -0.39 is 22.7 Å². The SMILES string of the molecule is CON(OF)c1cccc(C2C3=C(CS(=O)CCCS3)NC(C)=C2C(=O)OCCN(C)Cc2ccccc2)c1. The van der Waals surface area contributed by atoms with Crippen LogP contribution in [0.5, 0.6) is 0 Å². The van der Waals surface area contributed by atoms with E-state index in [0.29, 0.717) is 40.2 Å². The zero-order chi connectivity index (χ0) is 27.8. The largest absolute Gasteiger partial charge is 0.461 e. The summed E-state index contributed by atoms with van der Waals surface area (Å²) >= 11 is 1.65. The minimum Gasteiger partial charge on any atom is -0.461 e. The highest BCUT2D eigenvalue weighted by Crippen LogP contribution is 2.45. The maximum absolute atomic E-state index is 13.6. The highest BCUT2D eigenvalue weighted by atomic mass is 32.2. The summed E-state index contributed by atoms with van der Waals surface area (Å²) in [7, 11) is 2.26. The van der Waals surface area contributed by atoms with E-state index in [9.17, 15) is 13.5 Å². The zero-order valence-corrected chi connectivity index (χ0v) is 24.0. The molecule has 2 heterocycles. The number of carbonyl (C=O) groups is 1. The van der Waals surface area contributed by atoms with Gasteiger partial charge < -0.3 is 10.1 Å². The predicted octanol–water partition coefficient (Wildman–Crippen LogP) is 4.60. The molecule has 2 aromatic carbocycles. The first kappa shape index (κ1) is 29.3. The molecule has 0 aliphatic carbocycles. The van der Waals surface area contributed by atoms with Crippen LogP contribution in [-0.4, -0.2) is 59.6 Å². The highest BCUT2D eigenvalue weighted by molar-refractivity contribution is 8.03. The fraction of sp³-hybridized carbons (Fsp3) is 0.393. The molecule has 0 fully saturated rings. The number of nitrogens with one attached hydrogen (secondary N) is 1. The fourth-order valence-corrected chi connectivity index (χ4v) is 7.38. The Morgan fingerprint density at radius 1 is 1.21 bits per heavy atom. The van der Waals surface area contributed by atoms with Crippen LogP contribution in [0.4, 0.5) is 10.2 Å². The molecular weight excluding hydrogens is 541 g/mol. The van der Waals surface area contributed by atoms with Gasteiger partial charge in [0.05, 0.1) is 30.0 Å². The van der Waals surface area contributed by atoms with Crippen molar-refractivity contribution in [1.82, 2.24) is 10.2 Å². The summed E-state index contributed by atoms with van der Waals surface area (Å²) in [6, 6.07) is 17.1. The number of thioether (sulfide) groups is 1. The van der Waals surface area contributed by atoms with Crippen LogP contribution in [0, 0.1) is 0 Å². The number of likely N-dealkylation sites (N-methyl/N-ethyl adjacent to an activating group) is 1. The van der Waals surface area contributed by atoms with E-state index >= 15 is 0 Å². The van der Waals surface area contributed by atoms with Gasteiger partial charge in [-0.1, -0.05) is 47.7 Å². The van der Waals surface area contributed by atoms with Crippen molar-refractivity contribution in [2.75, 3.05) is 49.8 Å². The number of hydrogen-bond acceptors (Lipinski definition) is 9. The third kappa shape index (κ3) is 7.49. The number of anilines is 1. The molecule has 0 amide bonds. The molecule has 2 unspecified atom stereocenters. The number of allylic oxidation sites excluding steroid dienone is 2. The lowest BCUT2D eigenvalue weighted by atomic mass is 9.86. The number of benzene rings is 2. The number of halogens is 1. The molecule has 210 valence electrons. The molecule has 0 saturated heterocycles. The van der Waals surface area contributed by atoms with E-state index in [2.05, 4.69) is 27.4 Å². The predicted molar refractivity (Wildman–Crippen MR) is 152 cm³/mol. The number of nitrogens with zero attached hydrogens (tertiary/aromatic N) is 2.